The second kappa shape index (κ2) is 11.3. The van der Waals surface area contributed by atoms with Crippen molar-refractivity contribution >= 4 is 35.1 Å². The van der Waals surface area contributed by atoms with Crippen LogP contribution in [-0.4, -0.2) is 58.3 Å². The van der Waals surface area contributed by atoms with E-state index in [9.17, 15) is 18.8 Å². The molecule has 4 N–H and O–H groups in total. The molecule has 0 radical (unpaired) electrons. The maximum atomic E-state index is 13.9. The number of carbonyl (C=O) groups is 3. The summed E-state index contributed by atoms with van der Waals surface area (Å²) >= 11 is 5.99. The summed E-state index contributed by atoms with van der Waals surface area (Å²) < 4.78 is 20.7. The lowest BCUT2D eigenvalue weighted by molar-refractivity contribution is -0.126. The number of anilines is 1. The average molecular weight is 566 g/mol. The van der Waals surface area contributed by atoms with Crippen LogP contribution in [0.25, 0.3) is 11.3 Å². The van der Waals surface area contributed by atoms with Crippen molar-refractivity contribution in [2.75, 3.05) is 25.1 Å². The van der Waals surface area contributed by atoms with Crippen molar-refractivity contribution in [3.8, 4) is 17.3 Å². The largest absolute Gasteiger partial charge is 0.381 e. The molecule has 1 atom stereocenters. The maximum Gasteiger partial charge on any atom is 0.322 e. The number of nitriles is 1. The molecule has 4 amide bonds. The van der Waals surface area contributed by atoms with Crippen molar-refractivity contribution in [1.29, 1.82) is 5.26 Å². The topological polar surface area (TPSA) is 155 Å². The summed E-state index contributed by atoms with van der Waals surface area (Å²) in [5.74, 6) is -1.85. The van der Waals surface area contributed by atoms with Gasteiger partial charge in [0.15, 0.2) is 0 Å². The van der Waals surface area contributed by atoms with Gasteiger partial charge in [0.05, 0.1) is 41.0 Å². The molecule has 2 aromatic carbocycles. The molecule has 0 saturated carbocycles. The Labute approximate surface area is 233 Å². The monoisotopic (exact) mass is 565 g/mol. The number of fused-ring (bicyclic) bond motifs is 1. The molecular formula is C27H25ClFN7O4. The van der Waals surface area contributed by atoms with Crippen LogP contribution in [0.15, 0.2) is 42.5 Å². The van der Waals surface area contributed by atoms with Crippen LogP contribution in [0.1, 0.15) is 40.5 Å². The number of carbonyl (C=O) groups excluding carboxylic acids is 3. The van der Waals surface area contributed by atoms with E-state index in [-0.39, 0.29) is 47.0 Å². The number of hydrogen-bond donors (Lipinski definition) is 3. The fraction of sp³-hybridized carbons (Fsp3) is 0.296. The molecule has 5 rings (SSSR count). The van der Waals surface area contributed by atoms with Gasteiger partial charge in [-0.25, -0.2) is 9.18 Å². The lowest BCUT2D eigenvalue weighted by atomic mass is 10.0. The zero-order valence-electron chi connectivity index (χ0n) is 21.2. The lowest BCUT2D eigenvalue weighted by Crippen LogP contribution is -2.50. The number of ether oxygens (including phenoxy) is 1. The standard InChI is InChI=1S/C27H25ClFN7O4/c28-19-11-16(3-6-20(19)29)24-23(25(31)37)21-13-35(27(39)33-17-4-1-15(12-30)2-5-17)14-22(36(21)34-24)26(38)32-18-7-9-40-10-8-18/h1-6,11,18,22H,7-10,13-14H2,(H2,31,37)(H,32,38)(H,33,39)/t22-/m0/s1. The number of amides is 4. The summed E-state index contributed by atoms with van der Waals surface area (Å²) in [6.45, 7) is 0.906. The Morgan fingerprint density at radius 3 is 2.52 bits per heavy atom. The third kappa shape index (κ3) is 5.47. The molecule has 0 aliphatic carbocycles. The van der Waals surface area contributed by atoms with Gasteiger partial charge in [0.25, 0.3) is 5.91 Å². The average Bonchev–Trinajstić information content (AvgIpc) is 3.35. The molecule has 1 fully saturated rings. The van der Waals surface area contributed by atoms with Crippen LogP contribution < -0.4 is 16.4 Å². The SMILES string of the molecule is N#Cc1ccc(NC(=O)N2Cc3c(C(N)=O)c(-c4ccc(F)c(Cl)c4)nn3[C@H](C(=O)NC3CCOCC3)C2)cc1. The molecule has 0 unspecified atom stereocenters. The normalized spacial score (nSPS) is 17.0. The van der Waals surface area contributed by atoms with Gasteiger partial charge in [0.1, 0.15) is 17.6 Å². The van der Waals surface area contributed by atoms with Crippen LogP contribution in [0.4, 0.5) is 14.9 Å². The number of nitrogens with two attached hydrogens (primary N) is 1. The third-order valence-electron chi connectivity index (χ3n) is 6.90. The molecule has 40 heavy (non-hydrogen) atoms. The molecule has 2 aliphatic rings. The van der Waals surface area contributed by atoms with Gasteiger partial charge >= 0.3 is 6.03 Å². The summed E-state index contributed by atoms with van der Waals surface area (Å²) in [6.07, 6.45) is 1.28. The van der Waals surface area contributed by atoms with Crippen LogP contribution in [0.5, 0.6) is 0 Å². The number of rotatable bonds is 5. The minimum Gasteiger partial charge on any atom is -0.381 e. The van der Waals surface area contributed by atoms with Gasteiger partial charge in [0, 0.05) is 30.5 Å². The van der Waals surface area contributed by atoms with E-state index < -0.39 is 23.8 Å². The van der Waals surface area contributed by atoms with Crippen molar-refractivity contribution < 1.29 is 23.5 Å². The Hall–Kier alpha value is -4.47. The van der Waals surface area contributed by atoms with Crippen LogP contribution in [-0.2, 0) is 16.1 Å². The summed E-state index contributed by atoms with van der Waals surface area (Å²) in [4.78, 5) is 41.0. The van der Waals surface area contributed by atoms with Gasteiger partial charge < -0.3 is 26.0 Å². The van der Waals surface area contributed by atoms with Crippen molar-refractivity contribution in [2.45, 2.75) is 31.5 Å². The molecule has 206 valence electrons. The number of nitrogens with one attached hydrogen (secondary N) is 2. The highest BCUT2D eigenvalue weighted by atomic mass is 35.5. The quantitative estimate of drug-likeness (QED) is 0.431. The van der Waals surface area contributed by atoms with Crippen LogP contribution in [0.2, 0.25) is 5.02 Å². The summed E-state index contributed by atoms with van der Waals surface area (Å²) in [5.41, 5.74) is 7.38. The Balaban J connectivity index is 1.52. The first-order chi connectivity index (χ1) is 19.2. The van der Waals surface area contributed by atoms with Gasteiger partial charge in [0.2, 0.25) is 5.91 Å². The molecular weight excluding hydrogens is 541 g/mol. The number of benzene rings is 2. The van der Waals surface area contributed by atoms with E-state index in [1.165, 1.54) is 21.7 Å². The minimum atomic E-state index is -0.985. The van der Waals surface area contributed by atoms with Gasteiger partial charge in [-0.15, -0.1) is 0 Å². The lowest BCUT2D eigenvalue weighted by Gasteiger charge is -2.34. The van der Waals surface area contributed by atoms with Crippen LogP contribution >= 0.6 is 11.6 Å². The number of hydrogen-bond acceptors (Lipinski definition) is 6. The number of nitrogens with zero attached hydrogens (tertiary/aromatic N) is 4. The van der Waals surface area contributed by atoms with E-state index in [2.05, 4.69) is 15.7 Å². The number of primary amides is 1. The Morgan fingerprint density at radius 2 is 1.88 bits per heavy atom. The first kappa shape index (κ1) is 27.1. The van der Waals surface area contributed by atoms with Crippen molar-refractivity contribution in [3.63, 3.8) is 0 Å². The smallest absolute Gasteiger partial charge is 0.322 e. The van der Waals surface area contributed by atoms with Crippen LogP contribution in [0, 0.1) is 17.1 Å². The second-order valence-corrected chi connectivity index (χ2v) is 9.93. The second-order valence-electron chi connectivity index (χ2n) is 9.52. The first-order valence-electron chi connectivity index (χ1n) is 12.6. The minimum absolute atomic E-state index is 0.00224. The van der Waals surface area contributed by atoms with Gasteiger partial charge in [-0.3, -0.25) is 14.3 Å². The van der Waals surface area contributed by atoms with E-state index >= 15 is 0 Å². The highest BCUT2D eigenvalue weighted by Gasteiger charge is 2.38. The Kier molecular flexibility index (Phi) is 7.68. The zero-order valence-corrected chi connectivity index (χ0v) is 21.9. The van der Waals surface area contributed by atoms with E-state index in [4.69, 9.17) is 27.3 Å². The van der Waals surface area contributed by atoms with Gasteiger partial charge in [-0.1, -0.05) is 11.6 Å². The summed E-state index contributed by atoms with van der Waals surface area (Å²) in [5, 5.41) is 19.2. The molecule has 11 nitrogen and oxygen atoms in total. The molecule has 3 heterocycles. The Bertz CT molecular complexity index is 1510. The molecule has 3 aromatic rings. The van der Waals surface area contributed by atoms with Crippen molar-refractivity contribution in [3.05, 3.63) is 70.1 Å². The van der Waals surface area contributed by atoms with Crippen molar-refractivity contribution in [2.24, 2.45) is 5.73 Å². The van der Waals surface area contributed by atoms with E-state index in [0.29, 0.717) is 42.9 Å². The molecule has 13 heteroatoms. The van der Waals surface area contributed by atoms with Crippen molar-refractivity contribution in [1.82, 2.24) is 20.0 Å². The van der Waals surface area contributed by atoms with E-state index in [0.717, 1.165) is 6.07 Å². The predicted octanol–water partition coefficient (Wildman–Crippen LogP) is 3.20. The number of urea groups is 1. The summed E-state index contributed by atoms with van der Waals surface area (Å²) in [7, 11) is 0. The molecule has 1 aromatic heterocycles. The first-order valence-corrected chi connectivity index (χ1v) is 12.9. The van der Waals surface area contributed by atoms with E-state index in [1.54, 1.807) is 24.3 Å². The molecule has 0 spiro atoms. The maximum absolute atomic E-state index is 13.9. The number of halogens is 2. The Morgan fingerprint density at radius 1 is 1.15 bits per heavy atom. The van der Waals surface area contributed by atoms with Gasteiger partial charge in [-0.2, -0.15) is 10.4 Å². The van der Waals surface area contributed by atoms with E-state index in [1.807, 2.05) is 6.07 Å². The predicted molar refractivity (Wildman–Crippen MR) is 143 cm³/mol. The number of aromatic nitrogens is 2. The molecule has 2 aliphatic heterocycles. The summed E-state index contributed by atoms with van der Waals surface area (Å²) in [6, 6.07) is 10.6. The highest BCUT2D eigenvalue weighted by Crippen LogP contribution is 2.33. The fourth-order valence-electron chi connectivity index (χ4n) is 4.83. The zero-order chi connectivity index (χ0) is 28.4. The fourth-order valence-corrected chi connectivity index (χ4v) is 5.01. The highest BCUT2D eigenvalue weighted by molar-refractivity contribution is 6.31. The van der Waals surface area contributed by atoms with Gasteiger partial charge in [-0.05, 0) is 55.3 Å². The molecule has 1 saturated heterocycles. The van der Waals surface area contributed by atoms with Crippen LogP contribution in [0.3, 0.4) is 0 Å². The third-order valence-corrected chi connectivity index (χ3v) is 7.19. The molecule has 0 bridgehead atoms.